The largest absolute Gasteiger partial charge is 0.493 e. The number of amidine groups is 1. The molecule has 2 fully saturated rings. The number of hydrogen-bond acceptors (Lipinski definition) is 7. The third-order valence-electron chi connectivity index (χ3n) is 5.82. The van der Waals surface area contributed by atoms with Crippen LogP contribution in [0.2, 0.25) is 0 Å². The molecule has 196 valence electrons. The van der Waals surface area contributed by atoms with Crippen molar-refractivity contribution in [2.75, 3.05) is 46.6 Å². The fourth-order valence-corrected chi connectivity index (χ4v) is 5.80. The molecule has 0 atom stereocenters. The summed E-state index contributed by atoms with van der Waals surface area (Å²) in [5.74, 6) is 1.20. The van der Waals surface area contributed by atoms with E-state index in [0.29, 0.717) is 72.3 Å². The maximum absolute atomic E-state index is 13.2. The highest BCUT2D eigenvalue weighted by atomic mass is 127. The van der Waals surface area contributed by atoms with Crippen LogP contribution in [0.3, 0.4) is 0 Å². The predicted octanol–water partition coefficient (Wildman–Crippen LogP) is 5.18. The van der Waals surface area contributed by atoms with Crippen molar-refractivity contribution in [1.82, 2.24) is 9.80 Å². The van der Waals surface area contributed by atoms with Crippen molar-refractivity contribution in [3.63, 3.8) is 0 Å². The molecule has 2 saturated heterocycles. The molecule has 4 rings (SSSR count). The first kappa shape index (κ1) is 27.5. The zero-order valence-corrected chi connectivity index (χ0v) is 24.1. The molecule has 0 unspecified atom stereocenters. The summed E-state index contributed by atoms with van der Waals surface area (Å²) in [5.41, 5.74) is 2.04. The highest BCUT2D eigenvalue weighted by Gasteiger charge is 2.32. The minimum atomic E-state index is -0.105. The number of likely N-dealkylation sites (N-methyl/N-ethyl adjacent to an activating group) is 1. The number of morpholine rings is 1. The van der Waals surface area contributed by atoms with E-state index in [1.807, 2.05) is 37.3 Å². The van der Waals surface area contributed by atoms with Crippen LogP contribution >= 0.6 is 34.4 Å². The quantitative estimate of drug-likeness (QED) is 0.294. The van der Waals surface area contributed by atoms with Crippen molar-refractivity contribution in [2.45, 2.75) is 20.3 Å². The highest BCUT2D eigenvalue weighted by molar-refractivity contribution is 14.1. The second kappa shape index (κ2) is 12.8. The van der Waals surface area contributed by atoms with Gasteiger partial charge >= 0.3 is 0 Å². The Morgan fingerprint density at radius 2 is 2.00 bits per heavy atom. The lowest BCUT2D eigenvalue weighted by Gasteiger charge is -2.26. The molecule has 37 heavy (non-hydrogen) atoms. The minimum absolute atomic E-state index is 0.0386. The van der Waals surface area contributed by atoms with Crippen molar-refractivity contribution in [2.24, 2.45) is 4.99 Å². The number of carbonyl (C=O) groups excluding carboxylic acids is 2. The van der Waals surface area contributed by atoms with Gasteiger partial charge in [-0.3, -0.25) is 14.5 Å². The molecule has 2 aromatic rings. The van der Waals surface area contributed by atoms with Gasteiger partial charge in [-0.25, -0.2) is 4.99 Å². The first-order chi connectivity index (χ1) is 17.9. The van der Waals surface area contributed by atoms with Crippen molar-refractivity contribution in [3.05, 3.63) is 56.0 Å². The van der Waals surface area contributed by atoms with E-state index in [0.717, 1.165) is 15.6 Å². The summed E-state index contributed by atoms with van der Waals surface area (Å²) in [5, 5.41) is 0.583. The van der Waals surface area contributed by atoms with E-state index in [-0.39, 0.29) is 11.8 Å². The first-order valence-electron chi connectivity index (χ1n) is 12.2. The summed E-state index contributed by atoms with van der Waals surface area (Å²) in [6.07, 6.45) is 2.75. The van der Waals surface area contributed by atoms with Crippen molar-refractivity contribution >= 4 is 63.1 Å². The molecule has 0 spiro atoms. The van der Waals surface area contributed by atoms with Gasteiger partial charge < -0.3 is 19.1 Å². The lowest BCUT2D eigenvalue weighted by atomic mass is 10.1. The second-order valence-electron chi connectivity index (χ2n) is 8.39. The van der Waals surface area contributed by atoms with Crippen LogP contribution in [-0.4, -0.2) is 73.3 Å². The van der Waals surface area contributed by atoms with Crippen molar-refractivity contribution in [1.29, 1.82) is 0 Å². The van der Waals surface area contributed by atoms with E-state index in [4.69, 9.17) is 19.2 Å². The van der Waals surface area contributed by atoms with Crippen molar-refractivity contribution < 1.29 is 23.8 Å². The minimum Gasteiger partial charge on any atom is -0.493 e. The Balaban J connectivity index is 1.59. The number of thioether (sulfide) groups is 1. The van der Waals surface area contributed by atoms with Crippen LogP contribution < -0.4 is 9.47 Å². The van der Waals surface area contributed by atoms with Crippen molar-refractivity contribution in [3.8, 4) is 11.5 Å². The summed E-state index contributed by atoms with van der Waals surface area (Å²) in [6, 6.07) is 11.1. The van der Waals surface area contributed by atoms with E-state index in [9.17, 15) is 9.59 Å². The molecule has 2 aliphatic heterocycles. The number of amides is 2. The number of methoxy groups -OCH3 is 1. The van der Waals surface area contributed by atoms with Crippen LogP contribution in [0.25, 0.3) is 6.08 Å². The van der Waals surface area contributed by atoms with Gasteiger partial charge in [0.05, 0.1) is 41.1 Å². The standard InChI is InChI=1S/C27H30IN3O5S/c1-4-11-36-24-21(28)14-18(15-22(24)34-3)16-23-26(33)31(5-2)27(37-23)29-20-8-6-7-19(17-20)25(32)30-9-12-35-13-10-30/h6-8,14-17H,4-5,9-13H2,1-3H3/b23-16+,29-27?. The molecule has 0 saturated carbocycles. The number of nitrogens with zero attached hydrogens (tertiary/aromatic N) is 3. The number of halogens is 1. The topological polar surface area (TPSA) is 80.7 Å². The monoisotopic (exact) mass is 635 g/mol. The normalized spacial score (nSPS) is 18.1. The summed E-state index contributed by atoms with van der Waals surface area (Å²) in [6.45, 7) is 7.31. The Labute approximate surface area is 235 Å². The second-order valence-corrected chi connectivity index (χ2v) is 10.6. The third kappa shape index (κ3) is 6.47. The van der Waals surface area contributed by atoms with Crippen LogP contribution in [0.5, 0.6) is 11.5 Å². The van der Waals surface area contributed by atoms with Crippen LogP contribution in [0, 0.1) is 3.57 Å². The molecule has 2 aliphatic rings. The Bertz CT molecular complexity index is 1230. The fourth-order valence-electron chi connectivity index (χ4n) is 3.96. The number of ether oxygens (including phenoxy) is 3. The van der Waals surface area contributed by atoms with Gasteiger partial charge in [0.25, 0.3) is 11.8 Å². The molecular weight excluding hydrogens is 605 g/mol. The smallest absolute Gasteiger partial charge is 0.266 e. The third-order valence-corrected chi connectivity index (χ3v) is 7.63. The molecule has 0 aliphatic carbocycles. The van der Waals surface area contributed by atoms with Gasteiger partial charge in [0.2, 0.25) is 0 Å². The summed E-state index contributed by atoms with van der Waals surface area (Å²) in [7, 11) is 1.61. The molecule has 8 nitrogen and oxygen atoms in total. The maximum atomic E-state index is 13.2. The van der Waals surface area contributed by atoms with E-state index >= 15 is 0 Å². The first-order valence-corrected chi connectivity index (χ1v) is 14.1. The number of hydrogen-bond donors (Lipinski definition) is 0. The average molecular weight is 636 g/mol. The molecule has 0 radical (unpaired) electrons. The SMILES string of the molecule is CCCOc1c(I)cc(/C=C2/SC(=Nc3cccc(C(=O)N4CCOCC4)c3)N(CC)C2=O)cc1OC. The molecular formula is C27H30IN3O5S. The van der Waals surface area contributed by atoms with E-state index in [1.54, 1.807) is 29.0 Å². The number of benzene rings is 2. The summed E-state index contributed by atoms with van der Waals surface area (Å²) < 4.78 is 17.7. The number of rotatable bonds is 8. The summed E-state index contributed by atoms with van der Waals surface area (Å²) >= 11 is 3.55. The fraction of sp³-hybridized carbons (Fsp3) is 0.370. The van der Waals surface area contributed by atoms with Gasteiger partial charge in [0.15, 0.2) is 16.7 Å². The molecule has 10 heteroatoms. The molecule has 0 bridgehead atoms. The lowest BCUT2D eigenvalue weighted by Crippen LogP contribution is -2.40. The Morgan fingerprint density at radius 3 is 2.70 bits per heavy atom. The Hall–Kier alpha value is -2.57. The van der Waals surface area contributed by atoms with Gasteiger partial charge in [-0.15, -0.1) is 0 Å². The van der Waals surface area contributed by atoms with Gasteiger partial charge in [-0.2, -0.15) is 0 Å². The number of aliphatic imine (C=N–C) groups is 1. The predicted molar refractivity (Wildman–Crippen MR) is 155 cm³/mol. The average Bonchev–Trinajstić information content (AvgIpc) is 3.21. The van der Waals surface area contributed by atoms with Crippen LogP contribution in [-0.2, 0) is 9.53 Å². The van der Waals surface area contributed by atoms with Crippen LogP contribution in [0.15, 0.2) is 46.3 Å². The zero-order valence-electron chi connectivity index (χ0n) is 21.2. The molecule has 2 amide bonds. The van der Waals surface area contributed by atoms with Gasteiger partial charge in [0, 0.05) is 25.2 Å². The molecule has 0 aromatic heterocycles. The van der Waals surface area contributed by atoms with Gasteiger partial charge in [-0.05, 0) is 89.7 Å². The van der Waals surface area contributed by atoms with Gasteiger partial charge in [0.1, 0.15) is 0 Å². The maximum Gasteiger partial charge on any atom is 0.266 e. The van der Waals surface area contributed by atoms with E-state index < -0.39 is 0 Å². The zero-order chi connectivity index (χ0) is 26.4. The van der Waals surface area contributed by atoms with E-state index in [2.05, 4.69) is 29.5 Å². The van der Waals surface area contributed by atoms with Crippen LogP contribution in [0.1, 0.15) is 36.2 Å². The lowest BCUT2D eigenvalue weighted by molar-refractivity contribution is -0.122. The summed E-state index contributed by atoms with van der Waals surface area (Å²) in [4.78, 5) is 34.8. The molecule has 0 N–H and O–H groups in total. The van der Waals surface area contributed by atoms with Gasteiger partial charge in [-0.1, -0.05) is 13.0 Å². The van der Waals surface area contributed by atoms with E-state index in [1.165, 1.54) is 11.8 Å². The molecule has 2 heterocycles. The number of carbonyl (C=O) groups is 2. The molecule has 2 aromatic carbocycles. The van der Waals surface area contributed by atoms with Crippen LogP contribution in [0.4, 0.5) is 5.69 Å². The highest BCUT2D eigenvalue weighted by Crippen LogP contribution is 2.38. The Kier molecular flexibility index (Phi) is 9.49. The Morgan fingerprint density at radius 1 is 1.22 bits per heavy atom.